The molecule has 0 aliphatic carbocycles. The summed E-state index contributed by atoms with van der Waals surface area (Å²) in [5, 5.41) is 0.599. The van der Waals surface area contributed by atoms with Gasteiger partial charge in [-0.2, -0.15) is 0 Å². The summed E-state index contributed by atoms with van der Waals surface area (Å²) in [6.07, 6.45) is 1.20. The molecule has 1 aromatic rings. The molecule has 1 aliphatic heterocycles. The Bertz CT molecular complexity index is 419. The third-order valence-corrected chi connectivity index (χ3v) is 3.31. The molecule has 1 amide bonds. The van der Waals surface area contributed by atoms with Crippen LogP contribution in [0.5, 0.6) is 5.75 Å². The van der Waals surface area contributed by atoms with Crippen LogP contribution in [0.3, 0.4) is 0 Å². The number of hydrogen-bond donors (Lipinski definition) is 0. The molecular weight excluding hydrogens is 266 g/mol. The summed E-state index contributed by atoms with van der Waals surface area (Å²) in [7, 11) is 0. The fraction of sp³-hybridized carbons (Fsp3) is 0.500. The van der Waals surface area contributed by atoms with Crippen LogP contribution in [0, 0.1) is 0 Å². The van der Waals surface area contributed by atoms with Gasteiger partial charge in [-0.1, -0.05) is 23.7 Å². The lowest BCUT2D eigenvalue weighted by atomic mass is 10.2. The number of carbonyl (C=O) groups is 1. The van der Waals surface area contributed by atoms with Crippen molar-refractivity contribution < 1.29 is 14.3 Å². The topological polar surface area (TPSA) is 38.8 Å². The van der Waals surface area contributed by atoms with Gasteiger partial charge in [-0.05, 0) is 18.6 Å². The molecular formula is C14H18ClNO3. The number of carbonyl (C=O) groups excluding carboxylic acids is 1. The maximum atomic E-state index is 11.9. The van der Waals surface area contributed by atoms with E-state index in [2.05, 4.69) is 0 Å². The van der Waals surface area contributed by atoms with Crippen LogP contribution in [0.25, 0.3) is 0 Å². The lowest BCUT2D eigenvalue weighted by Gasteiger charge is -2.26. The van der Waals surface area contributed by atoms with Crippen molar-refractivity contribution >= 4 is 17.5 Å². The van der Waals surface area contributed by atoms with Gasteiger partial charge in [0, 0.05) is 19.5 Å². The van der Waals surface area contributed by atoms with Crippen LogP contribution in [0.15, 0.2) is 24.3 Å². The number of nitrogens with zero attached hydrogens (tertiary/aromatic N) is 1. The summed E-state index contributed by atoms with van der Waals surface area (Å²) in [4.78, 5) is 13.7. The molecule has 0 radical (unpaired) electrons. The van der Waals surface area contributed by atoms with Crippen LogP contribution < -0.4 is 4.74 Å². The fourth-order valence-electron chi connectivity index (χ4n) is 1.94. The Labute approximate surface area is 118 Å². The molecule has 1 aliphatic rings. The predicted octanol–water partition coefficient (Wildman–Crippen LogP) is 2.36. The van der Waals surface area contributed by atoms with Crippen LogP contribution in [-0.4, -0.2) is 43.7 Å². The van der Waals surface area contributed by atoms with Crippen LogP contribution >= 0.6 is 11.6 Å². The molecule has 4 nitrogen and oxygen atoms in total. The van der Waals surface area contributed by atoms with Crippen LogP contribution in [0.1, 0.15) is 12.8 Å². The minimum absolute atomic E-state index is 0.172. The maximum absolute atomic E-state index is 11.9. The molecule has 1 fully saturated rings. The van der Waals surface area contributed by atoms with Gasteiger partial charge in [-0.15, -0.1) is 0 Å². The second-order valence-electron chi connectivity index (χ2n) is 4.38. The Morgan fingerprint density at radius 2 is 2.05 bits per heavy atom. The molecule has 0 N–H and O–H groups in total. The highest BCUT2D eigenvalue weighted by Crippen LogP contribution is 2.23. The van der Waals surface area contributed by atoms with Crippen LogP contribution in [-0.2, 0) is 9.53 Å². The first-order valence-electron chi connectivity index (χ1n) is 6.50. The molecule has 2 rings (SSSR count). The van der Waals surface area contributed by atoms with Gasteiger partial charge >= 0.3 is 0 Å². The van der Waals surface area contributed by atoms with Crippen molar-refractivity contribution in [3.63, 3.8) is 0 Å². The Morgan fingerprint density at radius 3 is 2.79 bits per heavy atom. The first kappa shape index (κ1) is 14.2. The van der Waals surface area contributed by atoms with Crippen molar-refractivity contribution in [3.05, 3.63) is 29.3 Å². The Balaban J connectivity index is 1.66. The van der Waals surface area contributed by atoms with E-state index in [1.54, 1.807) is 6.07 Å². The van der Waals surface area contributed by atoms with Gasteiger partial charge in [0.2, 0.25) is 5.91 Å². The van der Waals surface area contributed by atoms with Gasteiger partial charge in [-0.25, -0.2) is 0 Å². The highest BCUT2D eigenvalue weighted by molar-refractivity contribution is 6.32. The highest BCUT2D eigenvalue weighted by Gasteiger charge is 2.16. The van der Waals surface area contributed by atoms with Gasteiger partial charge in [-0.3, -0.25) is 4.79 Å². The summed E-state index contributed by atoms with van der Waals surface area (Å²) in [6, 6.07) is 7.35. The van der Waals surface area contributed by atoms with Gasteiger partial charge in [0.15, 0.2) is 0 Å². The normalized spacial score (nSPS) is 15.3. The molecule has 0 saturated carbocycles. The largest absolute Gasteiger partial charge is 0.492 e. The number of hydrogen-bond acceptors (Lipinski definition) is 3. The summed E-state index contributed by atoms with van der Waals surface area (Å²) < 4.78 is 10.8. The lowest BCUT2D eigenvalue weighted by Crippen LogP contribution is -2.40. The van der Waals surface area contributed by atoms with Crippen molar-refractivity contribution in [3.8, 4) is 5.75 Å². The van der Waals surface area contributed by atoms with Crippen molar-refractivity contribution in [2.24, 2.45) is 0 Å². The smallest absolute Gasteiger partial charge is 0.222 e. The van der Waals surface area contributed by atoms with Crippen molar-refractivity contribution in [2.45, 2.75) is 12.8 Å². The van der Waals surface area contributed by atoms with Crippen molar-refractivity contribution in [2.75, 3.05) is 32.9 Å². The average molecular weight is 284 g/mol. The summed E-state index contributed by atoms with van der Waals surface area (Å²) in [5.74, 6) is 0.842. The van der Waals surface area contributed by atoms with Gasteiger partial charge in [0.25, 0.3) is 0 Å². The summed E-state index contributed by atoms with van der Waals surface area (Å²) in [5.41, 5.74) is 0. The zero-order chi connectivity index (χ0) is 13.5. The van der Waals surface area contributed by atoms with Crippen molar-refractivity contribution in [1.82, 2.24) is 4.90 Å². The lowest BCUT2D eigenvalue weighted by molar-refractivity contribution is -0.135. The number of benzene rings is 1. The van der Waals surface area contributed by atoms with E-state index in [1.165, 1.54) is 0 Å². The number of para-hydroxylation sites is 1. The van der Waals surface area contributed by atoms with Crippen molar-refractivity contribution in [1.29, 1.82) is 0 Å². The molecule has 104 valence electrons. The van der Waals surface area contributed by atoms with E-state index in [0.717, 1.165) is 0 Å². The van der Waals surface area contributed by atoms with Crippen LogP contribution in [0.2, 0.25) is 5.02 Å². The predicted molar refractivity (Wildman–Crippen MR) is 73.6 cm³/mol. The van der Waals surface area contributed by atoms with Gasteiger partial charge in [0.1, 0.15) is 5.75 Å². The van der Waals surface area contributed by atoms with E-state index in [0.29, 0.717) is 56.5 Å². The zero-order valence-electron chi connectivity index (χ0n) is 10.8. The minimum atomic E-state index is 0.172. The average Bonchev–Trinajstić information content (AvgIpc) is 2.46. The van der Waals surface area contributed by atoms with E-state index in [4.69, 9.17) is 21.1 Å². The Morgan fingerprint density at radius 1 is 1.32 bits per heavy atom. The fourth-order valence-corrected chi connectivity index (χ4v) is 2.13. The zero-order valence-corrected chi connectivity index (χ0v) is 11.6. The second-order valence-corrected chi connectivity index (χ2v) is 4.78. The molecule has 1 heterocycles. The number of amides is 1. The molecule has 0 atom stereocenters. The SMILES string of the molecule is O=C(CCCOc1ccccc1Cl)N1CCOCC1. The number of morpholine rings is 1. The molecule has 0 aromatic heterocycles. The third kappa shape index (κ3) is 4.40. The molecule has 1 saturated heterocycles. The number of ether oxygens (including phenoxy) is 2. The van der Waals surface area contributed by atoms with E-state index in [9.17, 15) is 4.79 Å². The van der Waals surface area contributed by atoms with Crippen LogP contribution in [0.4, 0.5) is 0 Å². The van der Waals surface area contributed by atoms with E-state index < -0.39 is 0 Å². The number of rotatable bonds is 5. The molecule has 0 spiro atoms. The second kappa shape index (κ2) is 7.36. The van der Waals surface area contributed by atoms with Gasteiger partial charge in [0.05, 0.1) is 24.8 Å². The first-order chi connectivity index (χ1) is 9.27. The first-order valence-corrected chi connectivity index (χ1v) is 6.88. The monoisotopic (exact) mass is 283 g/mol. The Hall–Kier alpha value is -1.26. The molecule has 1 aromatic carbocycles. The maximum Gasteiger partial charge on any atom is 0.222 e. The Kier molecular flexibility index (Phi) is 5.48. The third-order valence-electron chi connectivity index (χ3n) is 2.99. The highest BCUT2D eigenvalue weighted by atomic mass is 35.5. The molecule has 5 heteroatoms. The molecule has 0 unspecified atom stereocenters. The standard InChI is InChI=1S/C14H18ClNO3/c15-12-4-1-2-5-13(12)19-9-3-6-14(17)16-7-10-18-11-8-16/h1-2,4-5H,3,6-11H2. The molecule has 19 heavy (non-hydrogen) atoms. The quantitative estimate of drug-likeness (QED) is 0.779. The number of halogens is 1. The van der Waals surface area contributed by atoms with E-state index in [-0.39, 0.29) is 5.91 Å². The van der Waals surface area contributed by atoms with E-state index in [1.807, 2.05) is 23.1 Å². The summed E-state index contributed by atoms with van der Waals surface area (Å²) in [6.45, 7) is 3.18. The van der Waals surface area contributed by atoms with E-state index >= 15 is 0 Å². The summed E-state index contributed by atoms with van der Waals surface area (Å²) >= 11 is 5.97. The minimum Gasteiger partial charge on any atom is -0.492 e. The van der Waals surface area contributed by atoms with Gasteiger partial charge < -0.3 is 14.4 Å². The molecule has 0 bridgehead atoms.